The average Bonchev–Trinajstić information content (AvgIpc) is 3.08. The summed E-state index contributed by atoms with van der Waals surface area (Å²) < 4.78 is 6.17. The van der Waals surface area contributed by atoms with E-state index in [4.69, 9.17) is 4.74 Å². The number of likely N-dealkylation sites (tertiary alicyclic amines) is 1. The number of nitrogens with one attached hydrogen (secondary N) is 1. The van der Waals surface area contributed by atoms with E-state index < -0.39 is 0 Å². The van der Waals surface area contributed by atoms with Crippen molar-refractivity contribution in [2.75, 3.05) is 13.1 Å². The van der Waals surface area contributed by atoms with Crippen LogP contribution in [0.2, 0.25) is 0 Å². The van der Waals surface area contributed by atoms with Gasteiger partial charge in [-0.25, -0.2) is 0 Å². The Bertz CT molecular complexity index is 1080. The highest BCUT2D eigenvalue weighted by Gasteiger charge is 2.49. The molecule has 0 aliphatic carbocycles. The molecule has 2 aromatic heterocycles. The van der Waals surface area contributed by atoms with Crippen molar-refractivity contribution in [3.05, 3.63) is 90.0 Å². The monoisotopic (exact) mass is 442 g/mol. The molecule has 0 saturated carbocycles. The summed E-state index contributed by atoms with van der Waals surface area (Å²) in [5.74, 6) is 1.22. The summed E-state index contributed by atoms with van der Waals surface area (Å²) in [7, 11) is 0. The minimum atomic E-state index is -0.270. The zero-order chi connectivity index (χ0) is 22.5. The molecule has 3 aromatic rings. The Morgan fingerprint density at radius 1 is 1.06 bits per heavy atom. The highest BCUT2D eigenvalue weighted by atomic mass is 16.5. The van der Waals surface area contributed by atoms with Crippen molar-refractivity contribution in [2.24, 2.45) is 0 Å². The number of benzene rings is 1. The third-order valence-corrected chi connectivity index (χ3v) is 6.81. The lowest BCUT2D eigenvalue weighted by Gasteiger charge is -2.34. The predicted octanol–water partition coefficient (Wildman–Crippen LogP) is 4.08. The SMILES string of the molecule is O=C1CCCC[C@]2(CN(Cc3ccccc3OCc3cccnc3)C[C@H]2c2ccccn2)N1. The van der Waals surface area contributed by atoms with Gasteiger partial charge < -0.3 is 10.1 Å². The molecule has 6 nitrogen and oxygen atoms in total. The molecule has 5 rings (SSSR count). The van der Waals surface area contributed by atoms with Crippen molar-refractivity contribution >= 4 is 5.91 Å². The smallest absolute Gasteiger partial charge is 0.220 e. The molecule has 2 aliphatic rings. The molecule has 0 unspecified atom stereocenters. The number of amides is 1. The summed E-state index contributed by atoms with van der Waals surface area (Å²) in [6, 6.07) is 18.3. The maximum Gasteiger partial charge on any atom is 0.220 e. The second kappa shape index (κ2) is 9.71. The minimum Gasteiger partial charge on any atom is -0.489 e. The van der Waals surface area contributed by atoms with Gasteiger partial charge in [-0.3, -0.25) is 19.7 Å². The number of carbonyl (C=O) groups is 1. The molecular formula is C27H30N4O2. The van der Waals surface area contributed by atoms with Crippen LogP contribution in [0, 0.1) is 0 Å². The number of hydrogen-bond acceptors (Lipinski definition) is 5. The summed E-state index contributed by atoms with van der Waals surface area (Å²) in [5.41, 5.74) is 2.98. The fourth-order valence-corrected chi connectivity index (χ4v) is 5.26. The van der Waals surface area contributed by atoms with Crippen molar-refractivity contribution < 1.29 is 9.53 Å². The van der Waals surface area contributed by atoms with E-state index in [0.717, 1.165) is 61.5 Å². The number of pyridine rings is 2. The number of carbonyl (C=O) groups excluding carboxylic acids is 1. The van der Waals surface area contributed by atoms with Crippen LogP contribution in [0.4, 0.5) is 0 Å². The maximum absolute atomic E-state index is 12.6. The van der Waals surface area contributed by atoms with E-state index in [-0.39, 0.29) is 17.4 Å². The van der Waals surface area contributed by atoms with Gasteiger partial charge in [0.15, 0.2) is 0 Å². The lowest BCUT2D eigenvalue weighted by molar-refractivity contribution is -0.122. The van der Waals surface area contributed by atoms with E-state index in [1.807, 2.05) is 48.8 Å². The molecular weight excluding hydrogens is 412 g/mol. The zero-order valence-electron chi connectivity index (χ0n) is 18.8. The van der Waals surface area contributed by atoms with Gasteiger partial charge in [0.25, 0.3) is 0 Å². The van der Waals surface area contributed by atoms with Crippen molar-refractivity contribution in [1.29, 1.82) is 0 Å². The third-order valence-electron chi connectivity index (χ3n) is 6.81. The Hall–Kier alpha value is -3.25. The summed E-state index contributed by atoms with van der Waals surface area (Å²) in [6.45, 7) is 2.93. The van der Waals surface area contributed by atoms with E-state index in [1.54, 1.807) is 6.20 Å². The van der Waals surface area contributed by atoms with Gasteiger partial charge in [0.1, 0.15) is 12.4 Å². The lowest BCUT2D eigenvalue weighted by Crippen LogP contribution is -2.52. The molecule has 2 atom stereocenters. The normalized spacial score (nSPS) is 23.3. The van der Waals surface area contributed by atoms with Gasteiger partial charge in [-0.15, -0.1) is 0 Å². The highest BCUT2D eigenvalue weighted by molar-refractivity contribution is 5.77. The molecule has 1 aromatic carbocycles. The molecule has 1 spiro atoms. The maximum atomic E-state index is 12.6. The van der Waals surface area contributed by atoms with E-state index in [1.165, 1.54) is 0 Å². The van der Waals surface area contributed by atoms with E-state index in [2.05, 4.69) is 38.4 Å². The van der Waals surface area contributed by atoms with Gasteiger partial charge >= 0.3 is 0 Å². The summed E-state index contributed by atoms with van der Waals surface area (Å²) in [4.78, 5) is 23.9. The molecule has 6 heteroatoms. The zero-order valence-corrected chi connectivity index (χ0v) is 18.8. The van der Waals surface area contributed by atoms with Gasteiger partial charge in [-0.2, -0.15) is 0 Å². The van der Waals surface area contributed by atoms with Crippen LogP contribution in [-0.2, 0) is 17.9 Å². The van der Waals surface area contributed by atoms with E-state index in [9.17, 15) is 4.79 Å². The summed E-state index contributed by atoms with van der Waals surface area (Å²) >= 11 is 0. The first-order valence-corrected chi connectivity index (χ1v) is 11.8. The van der Waals surface area contributed by atoms with Crippen LogP contribution in [0.25, 0.3) is 0 Å². The predicted molar refractivity (Wildman–Crippen MR) is 127 cm³/mol. The quantitative estimate of drug-likeness (QED) is 0.623. The minimum absolute atomic E-state index is 0.162. The second-order valence-corrected chi connectivity index (χ2v) is 9.15. The fourth-order valence-electron chi connectivity index (χ4n) is 5.26. The summed E-state index contributed by atoms with van der Waals surface area (Å²) in [5, 5.41) is 3.42. The Labute approximate surface area is 195 Å². The average molecular weight is 443 g/mol. The third kappa shape index (κ3) is 4.91. The number of nitrogens with zero attached hydrogens (tertiary/aromatic N) is 3. The molecule has 2 aliphatic heterocycles. The molecule has 4 heterocycles. The van der Waals surface area contributed by atoms with Crippen LogP contribution >= 0.6 is 0 Å². The number of para-hydroxylation sites is 1. The molecule has 33 heavy (non-hydrogen) atoms. The Kier molecular flexibility index (Phi) is 6.35. The number of rotatable bonds is 6. The van der Waals surface area contributed by atoms with Gasteiger partial charge in [0.2, 0.25) is 5.91 Å². The number of aromatic nitrogens is 2. The van der Waals surface area contributed by atoms with Crippen LogP contribution in [-0.4, -0.2) is 39.4 Å². The lowest BCUT2D eigenvalue weighted by atomic mass is 9.81. The Morgan fingerprint density at radius 3 is 2.82 bits per heavy atom. The van der Waals surface area contributed by atoms with Gasteiger partial charge in [-0.1, -0.05) is 36.8 Å². The van der Waals surface area contributed by atoms with Gasteiger partial charge in [0.05, 0.1) is 5.54 Å². The van der Waals surface area contributed by atoms with Crippen LogP contribution in [0.5, 0.6) is 5.75 Å². The van der Waals surface area contributed by atoms with Crippen LogP contribution in [0.1, 0.15) is 48.4 Å². The van der Waals surface area contributed by atoms with E-state index in [0.29, 0.717) is 13.0 Å². The van der Waals surface area contributed by atoms with Crippen molar-refractivity contribution in [3.8, 4) is 5.75 Å². The summed E-state index contributed by atoms with van der Waals surface area (Å²) in [6.07, 6.45) is 9.06. The van der Waals surface area contributed by atoms with Crippen LogP contribution < -0.4 is 10.1 Å². The van der Waals surface area contributed by atoms with Crippen molar-refractivity contribution in [3.63, 3.8) is 0 Å². The fraction of sp³-hybridized carbons (Fsp3) is 0.370. The standard InChI is InChI=1S/C27H30N4O2/c32-26-12-3-5-13-27(30-26)20-31(18-23(27)24-10-4-6-15-29-24)17-22-9-1-2-11-25(22)33-19-21-8-7-14-28-16-21/h1-2,4,6-11,14-16,23H,3,5,12-13,17-20H2,(H,30,32)/t23-,27+/m0/s1. The van der Waals surface area contributed by atoms with Gasteiger partial charge in [0, 0.05) is 67.4 Å². The molecule has 170 valence electrons. The Morgan fingerprint density at radius 2 is 1.97 bits per heavy atom. The van der Waals surface area contributed by atoms with E-state index >= 15 is 0 Å². The first-order chi connectivity index (χ1) is 16.2. The van der Waals surface area contributed by atoms with Crippen molar-refractivity contribution in [1.82, 2.24) is 20.2 Å². The second-order valence-electron chi connectivity index (χ2n) is 9.15. The topological polar surface area (TPSA) is 67.4 Å². The van der Waals surface area contributed by atoms with Crippen LogP contribution in [0.15, 0.2) is 73.2 Å². The Balaban J connectivity index is 1.37. The number of hydrogen-bond donors (Lipinski definition) is 1. The molecule has 2 fully saturated rings. The molecule has 0 radical (unpaired) electrons. The first kappa shape index (κ1) is 21.6. The highest BCUT2D eigenvalue weighted by Crippen LogP contribution is 2.41. The van der Waals surface area contributed by atoms with Crippen LogP contribution in [0.3, 0.4) is 0 Å². The first-order valence-electron chi connectivity index (χ1n) is 11.8. The largest absolute Gasteiger partial charge is 0.489 e. The number of ether oxygens (including phenoxy) is 1. The molecule has 2 saturated heterocycles. The molecule has 1 N–H and O–H groups in total. The molecule has 0 bridgehead atoms. The molecule has 1 amide bonds. The van der Waals surface area contributed by atoms with Crippen molar-refractivity contribution in [2.45, 2.75) is 50.3 Å². The van der Waals surface area contributed by atoms with Gasteiger partial charge in [-0.05, 0) is 37.1 Å².